The van der Waals surface area contributed by atoms with Crippen LogP contribution in [-0.2, 0) is 9.84 Å². The fourth-order valence-electron chi connectivity index (χ4n) is 0.876. The van der Waals surface area contributed by atoms with Crippen molar-refractivity contribution in [2.24, 2.45) is 0 Å². The van der Waals surface area contributed by atoms with Crippen molar-refractivity contribution >= 4 is 25.8 Å². The summed E-state index contributed by atoms with van der Waals surface area (Å²) in [6.45, 7) is 5.08. The van der Waals surface area contributed by atoms with Crippen LogP contribution < -0.4 is 0 Å². The second-order valence-electron chi connectivity index (χ2n) is 2.81. The molecular weight excluding hydrogens is 252 g/mol. The molecule has 1 unspecified atom stereocenters. The van der Waals surface area contributed by atoms with Crippen LogP contribution in [0.25, 0.3) is 0 Å². The standard InChI is InChI=1S/C9H10BrO2S/c1-7(2)13(11,12)9-5-3-4-8(10)6-9/h3-7H,1H2,2H3. The molecule has 1 rings (SSSR count). The molecule has 0 amide bonds. The minimum Gasteiger partial charge on any atom is -0.223 e. The third kappa shape index (κ3) is 2.31. The van der Waals surface area contributed by atoms with E-state index in [2.05, 4.69) is 22.9 Å². The molecule has 0 aliphatic carbocycles. The topological polar surface area (TPSA) is 34.1 Å². The molecule has 4 heteroatoms. The maximum Gasteiger partial charge on any atom is 0.180 e. The molecule has 1 aromatic carbocycles. The van der Waals surface area contributed by atoms with Gasteiger partial charge in [-0.2, -0.15) is 0 Å². The van der Waals surface area contributed by atoms with Gasteiger partial charge in [-0.15, -0.1) is 0 Å². The quantitative estimate of drug-likeness (QED) is 0.820. The van der Waals surface area contributed by atoms with Gasteiger partial charge >= 0.3 is 0 Å². The molecule has 0 aliphatic heterocycles. The van der Waals surface area contributed by atoms with E-state index in [1.807, 2.05) is 0 Å². The Morgan fingerprint density at radius 2 is 2.08 bits per heavy atom. The van der Waals surface area contributed by atoms with Gasteiger partial charge in [-0.25, -0.2) is 8.42 Å². The average Bonchev–Trinajstić information content (AvgIpc) is 2.04. The lowest BCUT2D eigenvalue weighted by Crippen LogP contribution is -2.14. The molecular formula is C9H10BrO2S. The third-order valence-corrected chi connectivity index (χ3v) is 4.12. The fourth-order valence-corrected chi connectivity index (χ4v) is 2.45. The SMILES string of the molecule is [CH2]C(C)S(=O)(=O)c1cccc(Br)c1. The molecule has 71 valence electrons. The highest BCUT2D eigenvalue weighted by atomic mass is 79.9. The first kappa shape index (κ1) is 10.7. The zero-order chi connectivity index (χ0) is 10.1. The number of benzene rings is 1. The summed E-state index contributed by atoms with van der Waals surface area (Å²) in [4.78, 5) is 0.310. The Hall–Kier alpha value is -0.350. The molecule has 13 heavy (non-hydrogen) atoms. The van der Waals surface area contributed by atoms with Gasteiger partial charge in [0.05, 0.1) is 10.1 Å². The minimum absolute atomic E-state index is 0.310. The summed E-state index contributed by atoms with van der Waals surface area (Å²) in [5, 5.41) is -0.623. The minimum atomic E-state index is -3.24. The number of hydrogen-bond donors (Lipinski definition) is 0. The van der Waals surface area contributed by atoms with E-state index in [0.29, 0.717) is 4.90 Å². The lowest BCUT2D eigenvalue weighted by molar-refractivity contribution is 0.591. The van der Waals surface area contributed by atoms with Crippen LogP contribution >= 0.6 is 15.9 Å². The fraction of sp³-hybridized carbons (Fsp3) is 0.222. The van der Waals surface area contributed by atoms with Crippen LogP contribution in [-0.4, -0.2) is 13.7 Å². The summed E-state index contributed by atoms with van der Waals surface area (Å²) in [6, 6.07) is 6.63. The van der Waals surface area contributed by atoms with Crippen LogP contribution in [0.15, 0.2) is 33.6 Å². The number of halogens is 1. The zero-order valence-electron chi connectivity index (χ0n) is 7.20. The van der Waals surface area contributed by atoms with Gasteiger partial charge in [0.15, 0.2) is 9.84 Å². The van der Waals surface area contributed by atoms with Crippen LogP contribution in [0.5, 0.6) is 0 Å². The third-order valence-electron chi connectivity index (χ3n) is 1.65. The van der Waals surface area contributed by atoms with Crippen molar-refractivity contribution in [3.05, 3.63) is 35.7 Å². The lowest BCUT2D eigenvalue weighted by atomic mass is 10.4. The summed E-state index contributed by atoms with van der Waals surface area (Å²) in [6.07, 6.45) is 0. The van der Waals surface area contributed by atoms with Crippen molar-refractivity contribution in [2.75, 3.05) is 0 Å². The average molecular weight is 262 g/mol. The van der Waals surface area contributed by atoms with Gasteiger partial charge < -0.3 is 0 Å². The van der Waals surface area contributed by atoms with E-state index in [1.165, 1.54) is 0 Å². The molecule has 0 heterocycles. The summed E-state index contributed by atoms with van der Waals surface area (Å²) in [5.74, 6) is 0. The number of sulfone groups is 1. The Bertz CT molecular complexity index is 396. The Morgan fingerprint density at radius 1 is 1.46 bits per heavy atom. The van der Waals surface area contributed by atoms with Gasteiger partial charge in [0.2, 0.25) is 0 Å². The van der Waals surface area contributed by atoms with Crippen molar-refractivity contribution in [3.63, 3.8) is 0 Å². The van der Waals surface area contributed by atoms with Gasteiger partial charge in [0.25, 0.3) is 0 Å². The van der Waals surface area contributed by atoms with Crippen molar-refractivity contribution in [2.45, 2.75) is 17.1 Å². The van der Waals surface area contributed by atoms with E-state index in [0.717, 1.165) is 4.47 Å². The maximum absolute atomic E-state index is 11.6. The first-order chi connectivity index (χ1) is 5.94. The van der Waals surface area contributed by atoms with Crippen molar-refractivity contribution < 1.29 is 8.42 Å². The van der Waals surface area contributed by atoms with Gasteiger partial charge in [-0.1, -0.05) is 22.0 Å². The summed E-state index contributed by atoms with van der Waals surface area (Å²) >= 11 is 3.22. The second kappa shape index (κ2) is 3.80. The molecule has 0 bridgehead atoms. The van der Waals surface area contributed by atoms with E-state index >= 15 is 0 Å². The Kier molecular flexibility index (Phi) is 3.14. The Morgan fingerprint density at radius 3 is 2.54 bits per heavy atom. The van der Waals surface area contributed by atoms with Gasteiger partial charge in [-0.05, 0) is 32.0 Å². The number of rotatable bonds is 2. The first-order valence-electron chi connectivity index (χ1n) is 3.77. The first-order valence-corrected chi connectivity index (χ1v) is 6.11. The zero-order valence-corrected chi connectivity index (χ0v) is 9.60. The molecule has 1 radical (unpaired) electrons. The monoisotopic (exact) mass is 261 g/mol. The van der Waals surface area contributed by atoms with Crippen LogP contribution in [0, 0.1) is 6.92 Å². The summed E-state index contributed by atoms with van der Waals surface area (Å²) < 4.78 is 24.0. The molecule has 2 nitrogen and oxygen atoms in total. The summed E-state index contributed by atoms with van der Waals surface area (Å²) in [5.41, 5.74) is 0. The van der Waals surface area contributed by atoms with E-state index in [-0.39, 0.29) is 0 Å². The van der Waals surface area contributed by atoms with Crippen LogP contribution in [0.2, 0.25) is 0 Å². The van der Waals surface area contributed by atoms with Crippen molar-refractivity contribution in [1.82, 2.24) is 0 Å². The van der Waals surface area contributed by atoms with Crippen LogP contribution in [0.3, 0.4) is 0 Å². The highest BCUT2D eigenvalue weighted by molar-refractivity contribution is 9.10. The van der Waals surface area contributed by atoms with E-state index in [9.17, 15) is 8.42 Å². The predicted octanol–water partition coefficient (Wildman–Crippen LogP) is 2.45. The lowest BCUT2D eigenvalue weighted by Gasteiger charge is -2.07. The highest BCUT2D eigenvalue weighted by Gasteiger charge is 2.18. The van der Waals surface area contributed by atoms with Gasteiger partial charge in [-0.3, -0.25) is 0 Å². The normalized spacial score (nSPS) is 12.0. The molecule has 0 saturated carbocycles. The van der Waals surface area contributed by atoms with Crippen LogP contribution in [0.4, 0.5) is 0 Å². The Labute approximate surface area is 87.0 Å². The maximum atomic E-state index is 11.6. The summed E-state index contributed by atoms with van der Waals surface area (Å²) in [7, 11) is -3.24. The second-order valence-corrected chi connectivity index (χ2v) is 6.09. The molecule has 0 spiro atoms. The molecule has 1 atom stereocenters. The molecule has 0 saturated heterocycles. The van der Waals surface area contributed by atoms with Crippen LogP contribution in [0.1, 0.15) is 6.92 Å². The predicted molar refractivity (Wildman–Crippen MR) is 56.1 cm³/mol. The molecule has 1 aromatic rings. The molecule has 0 fully saturated rings. The number of hydrogen-bond acceptors (Lipinski definition) is 2. The van der Waals surface area contributed by atoms with Gasteiger partial charge in [0.1, 0.15) is 0 Å². The molecule has 0 aliphatic rings. The van der Waals surface area contributed by atoms with Crippen molar-refractivity contribution in [3.8, 4) is 0 Å². The smallest absolute Gasteiger partial charge is 0.180 e. The van der Waals surface area contributed by atoms with Gasteiger partial charge in [0, 0.05) is 4.47 Å². The van der Waals surface area contributed by atoms with E-state index in [4.69, 9.17) is 0 Å². The van der Waals surface area contributed by atoms with E-state index in [1.54, 1.807) is 31.2 Å². The Balaban J connectivity index is 3.24. The highest BCUT2D eigenvalue weighted by Crippen LogP contribution is 2.19. The molecule has 0 aromatic heterocycles. The molecule has 0 N–H and O–H groups in total. The van der Waals surface area contributed by atoms with E-state index < -0.39 is 15.1 Å². The van der Waals surface area contributed by atoms with Crippen molar-refractivity contribution in [1.29, 1.82) is 0 Å². The largest absolute Gasteiger partial charge is 0.223 e.